The second-order valence-electron chi connectivity index (χ2n) is 6.19. The first kappa shape index (κ1) is 18.9. The van der Waals surface area contributed by atoms with Crippen LogP contribution in [-0.4, -0.2) is 26.8 Å². The third-order valence-corrected chi connectivity index (χ3v) is 5.75. The molecule has 0 aromatic heterocycles. The van der Waals surface area contributed by atoms with Gasteiger partial charge in [-0.15, -0.1) is 0 Å². The molecule has 0 saturated heterocycles. The van der Waals surface area contributed by atoms with Crippen molar-refractivity contribution in [3.63, 3.8) is 0 Å². The van der Waals surface area contributed by atoms with E-state index in [1.165, 1.54) is 0 Å². The van der Waals surface area contributed by atoms with Crippen LogP contribution >= 0.6 is 0 Å². The summed E-state index contributed by atoms with van der Waals surface area (Å²) in [6.07, 6.45) is 3.08. The van der Waals surface area contributed by atoms with E-state index >= 15 is 0 Å². The summed E-state index contributed by atoms with van der Waals surface area (Å²) in [6, 6.07) is 9.38. The number of hydrogen-bond acceptors (Lipinski definition) is 6. The number of ether oxygens (including phenoxy) is 1. The van der Waals surface area contributed by atoms with Crippen molar-refractivity contribution < 1.29 is 13.2 Å². The van der Waals surface area contributed by atoms with Gasteiger partial charge in [-0.05, 0) is 45.2 Å². The van der Waals surface area contributed by atoms with E-state index in [0.717, 1.165) is 19.3 Å². The van der Waals surface area contributed by atoms with Gasteiger partial charge in [-0.1, -0.05) is 6.07 Å². The lowest BCUT2D eigenvalue weighted by molar-refractivity contribution is 0.364. The molecule has 1 aliphatic carbocycles. The van der Waals surface area contributed by atoms with Crippen LogP contribution in [0.4, 0.5) is 5.69 Å². The first-order valence-electron chi connectivity index (χ1n) is 8.19. The Morgan fingerprint density at radius 3 is 2.60 bits per heavy atom. The molecule has 0 amide bonds. The van der Waals surface area contributed by atoms with Crippen LogP contribution in [0.15, 0.2) is 35.8 Å². The minimum atomic E-state index is -3.62. The van der Waals surface area contributed by atoms with Crippen molar-refractivity contribution in [1.82, 2.24) is 10.0 Å². The summed E-state index contributed by atoms with van der Waals surface area (Å²) in [5, 5.41) is 15.2. The highest BCUT2D eigenvalue weighted by molar-refractivity contribution is 7.90. The zero-order valence-electron chi connectivity index (χ0n) is 14.7. The van der Waals surface area contributed by atoms with Crippen LogP contribution in [0.2, 0.25) is 0 Å². The molecule has 7 nitrogen and oxygen atoms in total. The highest BCUT2D eigenvalue weighted by Gasteiger charge is 2.23. The van der Waals surface area contributed by atoms with Crippen molar-refractivity contribution in [2.45, 2.75) is 44.4 Å². The highest BCUT2D eigenvalue weighted by Crippen LogP contribution is 2.22. The van der Waals surface area contributed by atoms with E-state index in [9.17, 15) is 13.7 Å². The number of hydrogen-bond donors (Lipinski definition) is 3. The predicted octanol–water partition coefficient (Wildman–Crippen LogP) is 2.27. The molecular weight excluding hydrogens is 340 g/mol. The van der Waals surface area contributed by atoms with Crippen LogP contribution in [0.25, 0.3) is 0 Å². The fourth-order valence-electron chi connectivity index (χ4n) is 2.16. The zero-order valence-corrected chi connectivity index (χ0v) is 15.5. The van der Waals surface area contributed by atoms with Crippen molar-refractivity contribution in [1.29, 1.82) is 5.26 Å². The number of nitriles is 1. The Hall–Kier alpha value is -2.40. The number of methoxy groups -OCH3 is 1. The summed E-state index contributed by atoms with van der Waals surface area (Å²) in [6.45, 7) is 3.12. The molecule has 0 aliphatic heterocycles. The Morgan fingerprint density at radius 1 is 1.36 bits per heavy atom. The Balaban J connectivity index is 2.33. The summed E-state index contributed by atoms with van der Waals surface area (Å²) < 4.78 is 31.9. The average Bonchev–Trinajstić information content (AvgIpc) is 2.54. The van der Waals surface area contributed by atoms with E-state index in [1.807, 2.05) is 18.2 Å². The van der Waals surface area contributed by atoms with Gasteiger partial charge < -0.3 is 15.4 Å². The lowest BCUT2D eigenvalue weighted by Crippen LogP contribution is -2.40. The van der Waals surface area contributed by atoms with Gasteiger partial charge in [0.05, 0.1) is 12.4 Å². The van der Waals surface area contributed by atoms with E-state index < -0.39 is 15.3 Å². The Kier molecular flexibility index (Phi) is 6.15. The maximum Gasteiger partial charge on any atom is 0.235 e. The predicted molar refractivity (Wildman–Crippen MR) is 97.2 cm³/mol. The summed E-state index contributed by atoms with van der Waals surface area (Å²) in [4.78, 5) is 0. The maximum atomic E-state index is 12.2. The molecule has 1 saturated carbocycles. The van der Waals surface area contributed by atoms with Gasteiger partial charge >= 0.3 is 0 Å². The van der Waals surface area contributed by atoms with Crippen LogP contribution in [0.1, 0.15) is 33.1 Å². The number of sulfonamides is 1. The first-order valence-corrected chi connectivity index (χ1v) is 9.74. The number of nitrogens with one attached hydrogen (secondary N) is 3. The number of nitrogens with zero attached hydrogens (tertiary/aromatic N) is 1. The standard InChI is InChI=1S/C17H24N4O3S/c1-12(2)25(22,23)21-16(11-18)17(19-13-6-4-7-13)20-14-8-5-9-15(10-14)24-3/h5,8-10,12-13,19-21H,4,6-7H2,1-3H3. The Labute approximate surface area is 149 Å². The molecular formula is C17H24N4O3S. The van der Waals surface area contributed by atoms with Crippen molar-refractivity contribution >= 4 is 15.7 Å². The molecule has 2 rings (SSSR count). The number of anilines is 1. The molecule has 0 heterocycles. The molecule has 0 spiro atoms. The molecule has 0 radical (unpaired) electrons. The third-order valence-electron chi connectivity index (χ3n) is 4.02. The van der Waals surface area contributed by atoms with E-state index in [4.69, 9.17) is 4.74 Å². The normalized spacial score (nSPS) is 15.6. The first-order chi connectivity index (χ1) is 11.9. The fraction of sp³-hybridized carbons (Fsp3) is 0.471. The molecule has 1 aliphatic rings. The molecule has 0 atom stereocenters. The summed E-state index contributed by atoms with van der Waals surface area (Å²) >= 11 is 0. The van der Waals surface area contributed by atoms with Crippen LogP contribution < -0.4 is 20.1 Å². The van der Waals surface area contributed by atoms with Crippen molar-refractivity contribution in [2.24, 2.45) is 0 Å². The molecule has 0 unspecified atom stereocenters. The molecule has 3 N–H and O–H groups in total. The molecule has 8 heteroatoms. The molecule has 1 aromatic carbocycles. The van der Waals surface area contributed by atoms with E-state index in [1.54, 1.807) is 33.1 Å². The second kappa shape index (κ2) is 8.12. The Bertz CT molecular complexity index is 777. The SMILES string of the molecule is COc1cccc(NC(NC2CCC2)=C(C#N)NS(=O)(=O)C(C)C)c1. The van der Waals surface area contributed by atoms with Gasteiger partial charge in [0, 0.05) is 17.8 Å². The second-order valence-corrected chi connectivity index (χ2v) is 8.42. The van der Waals surface area contributed by atoms with Gasteiger partial charge in [0.2, 0.25) is 10.0 Å². The fourth-order valence-corrected chi connectivity index (χ4v) is 2.83. The number of allylic oxidation sites excluding steroid dienone is 1. The van der Waals surface area contributed by atoms with Gasteiger partial charge in [-0.25, -0.2) is 8.42 Å². The Morgan fingerprint density at radius 2 is 2.08 bits per heavy atom. The van der Waals surface area contributed by atoms with Crippen LogP contribution in [0.3, 0.4) is 0 Å². The summed E-state index contributed by atoms with van der Waals surface area (Å²) in [7, 11) is -2.05. The van der Waals surface area contributed by atoms with Crippen LogP contribution in [-0.2, 0) is 10.0 Å². The van der Waals surface area contributed by atoms with Gasteiger partial charge in [0.15, 0.2) is 5.70 Å². The lowest BCUT2D eigenvalue weighted by atomic mass is 9.93. The molecule has 25 heavy (non-hydrogen) atoms. The van der Waals surface area contributed by atoms with E-state index in [0.29, 0.717) is 17.3 Å². The lowest BCUT2D eigenvalue weighted by Gasteiger charge is -2.30. The minimum Gasteiger partial charge on any atom is -0.497 e. The van der Waals surface area contributed by atoms with Gasteiger partial charge in [0.1, 0.15) is 17.6 Å². The van der Waals surface area contributed by atoms with Crippen LogP contribution in [0.5, 0.6) is 5.75 Å². The van der Waals surface area contributed by atoms with Crippen molar-refractivity contribution in [3.8, 4) is 11.8 Å². The van der Waals surface area contributed by atoms with Crippen molar-refractivity contribution in [2.75, 3.05) is 12.4 Å². The average molecular weight is 364 g/mol. The zero-order chi connectivity index (χ0) is 18.4. The molecule has 1 aromatic rings. The molecule has 136 valence electrons. The van der Waals surface area contributed by atoms with Gasteiger partial charge in [-0.3, -0.25) is 4.72 Å². The maximum absolute atomic E-state index is 12.2. The van der Waals surface area contributed by atoms with E-state index in [2.05, 4.69) is 15.4 Å². The van der Waals surface area contributed by atoms with Gasteiger partial charge in [0.25, 0.3) is 0 Å². The summed E-state index contributed by atoms with van der Waals surface area (Å²) in [5.41, 5.74) is 0.640. The third kappa shape index (κ3) is 5.03. The van der Waals surface area contributed by atoms with Gasteiger partial charge in [-0.2, -0.15) is 5.26 Å². The quantitative estimate of drug-likeness (QED) is 0.612. The van der Waals surface area contributed by atoms with Crippen molar-refractivity contribution in [3.05, 3.63) is 35.8 Å². The topological polar surface area (TPSA) is 103 Å². The summed E-state index contributed by atoms with van der Waals surface area (Å²) in [5.74, 6) is 1.01. The highest BCUT2D eigenvalue weighted by atomic mass is 32.2. The smallest absolute Gasteiger partial charge is 0.235 e. The molecule has 0 bridgehead atoms. The van der Waals surface area contributed by atoms with Crippen LogP contribution in [0, 0.1) is 11.3 Å². The largest absolute Gasteiger partial charge is 0.497 e. The number of rotatable bonds is 8. The minimum absolute atomic E-state index is 0.0524. The monoisotopic (exact) mass is 364 g/mol. The van der Waals surface area contributed by atoms with E-state index in [-0.39, 0.29) is 11.7 Å². The number of benzene rings is 1. The molecule has 1 fully saturated rings.